The fourth-order valence-corrected chi connectivity index (χ4v) is 2.30. The average Bonchev–Trinajstić information content (AvgIpc) is 2.37. The maximum absolute atomic E-state index is 4.24. The summed E-state index contributed by atoms with van der Waals surface area (Å²) in [6, 6.07) is 0. The maximum Gasteiger partial charge on any atom is 0.0360 e. The average molecular weight is 259 g/mol. The standard InChI is InChI=1S/C18H29N/c1-6-14-19(16(2)18(3,4)5)15-10-13-17-11-8-7-9-12-17/h6-8,10,13,17H,1-2,9,11-12,14-15H2,3-5H3/b13-10+. The van der Waals surface area contributed by atoms with E-state index in [0.29, 0.717) is 0 Å². The molecule has 1 rings (SSSR count). The van der Waals surface area contributed by atoms with Gasteiger partial charge in [-0.2, -0.15) is 0 Å². The first-order valence-electron chi connectivity index (χ1n) is 7.32. The zero-order valence-corrected chi connectivity index (χ0v) is 12.9. The lowest BCUT2D eigenvalue weighted by atomic mass is 9.91. The van der Waals surface area contributed by atoms with Crippen LogP contribution in [0.1, 0.15) is 40.0 Å². The summed E-state index contributed by atoms with van der Waals surface area (Å²) in [6.07, 6.45) is 14.9. The molecule has 0 heterocycles. The van der Waals surface area contributed by atoms with Gasteiger partial charge in [-0.15, -0.1) is 6.58 Å². The van der Waals surface area contributed by atoms with E-state index in [1.807, 2.05) is 6.08 Å². The number of hydrogen-bond acceptors (Lipinski definition) is 1. The molecule has 0 aromatic rings. The Balaban J connectivity index is 2.54. The van der Waals surface area contributed by atoms with E-state index in [-0.39, 0.29) is 5.41 Å². The highest BCUT2D eigenvalue weighted by Crippen LogP contribution is 2.26. The van der Waals surface area contributed by atoms with Crippen molar-refractivity contribution in [3.8, 4) is 0 Å². The van der Waals surface area contributed by atoms with Gasteiger partial charge in [0.1, 0.15) is 0 Å². The van der Waals surface area contributed by atoms with Crippen molar-refractivity contribution in [1.29, 1.82) is 0 Å². The van der Waals surface area contributed by atoms with E-state index >= 15 is 0 Å². The first kappa shape index (κ1) is 15.8. The van der Waals surface area contributed by atoms with Gasteiger partial charge in [-0.25, -0.2) is 0 Å². The van der Waals surface area contributed by atoms with Crippen LogP contribution < -0.4 is 0 Å². The second-order valence-corrected chi connectivity index (χ2v) is 6.36. The fraction of sp³-hybridized carbons (Fsp3) is 0.556. The highest BCUT2D eigenvalue weighted by atomic mass is 15.1. The third-order valence-corrected chi connectivity index (χ3v) is 3.64. The number of rotatable bonds is 6. The fourth-order valence-electron chi connectivity index (χ4n) is 2.30. The van der Waals surface area contributed by atoms with Crippen LogP contribution in [0, 0.1) is 11.3 Å². The molecule has 1 heteroatoms. The SMILES string of the molecule is C=CCN(C/C=C/C1CC=CCC1)C(=C)C(C)(C)C. The van der Waals surface area contributed by atoms with Crippen molar-refractivity contribution in [1.82, 2.24) is 4.90 Å². The second kappa shape index (κ2) is 7.37. The molecule has 0 aliphatic heterocycles. The molecule has 1 nitrogen and oxygen atoms in total. The molecule has 0 bridgehead atoms. The topological polar surface area (TPSA) is 3.24 Å². The van der Waals surface area contributed by atoms with Gasteiger partial charge in [0.15, 0.2) is 0 Å². The molecule has 0 saturated heterocycles. The zero-order chi connectivity index (χ0) is 14.3. The van der Waals surface area contributed by atoms with Crippen molar-refractivity contribution in [2.75, 3.05) is 13.1 Å². The largest absolute Gasteiger partial charge is 0.367 e. The van der Waals surface area contributed by atoms with E-state index in [0.717, 1.165) is 19.0 Å². The molecule has 106 valence electrons. The normalized spacial score (nSPS) is 19.6. The van der Waals surface area contributed by atoms with Crippen molar-refractivity contribution in [2.45, 2.75) is 40.0 Å². The van der Waals surface area contributed by atoms with E-state index in [4.69, 9.17) is 0 Å². The van der Waals surface area contributed by atoms with Gasteiger partial charge in [0.25, 0.3) is 0 Å². The van der Waals surface area contributed by atoms with Gasteiger partial charge in [0.05, 0.1) is 0 Å². The minimum atomic E-state index is 0.116. The van der Waals surface area contributed by atoms with E-state index in [2.05, 4.69) is 63.1 Å². The molecule has 0 N–H and O–H groups in total. The highest BCUT2D eigenvalue weighted by molar-refractivity contribution is 5.08. The van der Waals surface area contributed by atoms with Gasteiger partial charge in [-0.3, -0.25) is 0 Å². The number of nitrogens with zero attached hydrogens (tertiary/aromatic N) is 1. The third-order valence-electron chi connectivity index (χ3n) is 3.64. The molecule has 0 amide bonds. The summed E-state index contributed by atoms with van der Waals surface area (Å²) >= 11 is 0. The van der Waals surface area contributed by atoms with Gasteiger partial charge >= 0.3 is 0 Å². The van der Waals surface area contributed by atoms with Crippen LogP contribution in [0.15, 0.2) is 49.2 Å². The summed E-state index contributed by atoms with van der Waals surface area (Å²) < 4.78 is 0. The van der Waals surface area contributed by atoms with Crippen molar-refractivity contribution in [2.24, 2.45) is 11.3 Å². The third kappa shape index (κ3) is 5.50. The highest BCUT2D eigenvalue weighted by Gasteiger charge is 2.19. The molecule has 19 heavy (non-hydrogen) atoms. The zero-order valence-electron chi connectivity index (χ0n) is 12.9. The molecule has 0 saturated carbocycles. The van der Waals surface area contributed by atoms with Crippen LogP contribution in [0.3, 0.4) is 0 Å². The minimum Gasteiger partial charge on any atom is -0.367 e. The van der Waals surface area contributed by atoms with Crippen molar-refractivity contribution in [3.05, 3.63) is 49.2 Å². The lowest BCUT2D eigenvalue weighted by Gasteiger charge is -2.33. The Morgan fingerprint density at radius 1 is 1.32 bits per heavy atom. The summed E-state index contributed by atoms with van der Waals surface area (Å²) in [4.78, 5) is 2.31. The molecular formula is C18H29N. The molecule has 0 spiro atoms. The smallest absolute Gasteiger partial charge is 0.0360 e. The summed E-state index contributed by atoms with van der Waals surface area (Å²) in [5.41, 5.74) is 1.30. The van der Waals surface area contributed by atoms with Gasteiger partial charge in [-0.1, -0.05) is 57.7 Å². The lowest BCUT2D eigenvalue weighted by molar-refractivity contribution is 0.312. The second-order valence-electron chi connectivity index (χ2n) is 6.36. The quantitative estimate of drug-likeness (QED) is 0.610. The summed E-state index contributed by atoms with van der Waals surface area (Å²) in [5, 5.41) is 0. The van der Waals surface area contributed by atoms with E-state index in [9.17, 15) is 0 Å². The van der Waals surface area contributed by atoms with Gasteiger partial charge in [0, 0.05) is 24.2 Å². The van der Waals surface area contributed by atoms with Gasteiger partial charge < -0.3 is 4.90 Å². The first-order valence-corrected chi connectivity index (χ1v) is 7.32. The van der Waals surface area contributed by atoms with Crippen LogP contribution in [0.5, 0.6) is 0 Å². The van der Waals surface area contributed by atoms with Crippen LogP contribution >= 0.6 is 0 Å². The monoisotopic (exact) mass is 259 g/mol. The Morgan fingerprint density at radius 2 is 2.05 bits per heavy atom. The Kier molecular flexibility index (Phi) is 6.14. The van der Waals surface area contributed by atoms with Crippen molar-refractivity contribution < 1.29 is 0 Å². The first-order chi connectivity index (χ1) is 8.95. The predicted octanol–water partition coefficient (Wildman–Crippen LogP) is 4.95. The van der Waals surface area contributed by atoms with E-state index in [1.54, 1.807) is 0 Å². The molecule has 1 unspecified atom stereocenters. The summed E-state index contributed by atoms with van der Waals surface area (Å²) in [7, 11) is 0. The molecule has 1 aliphatic carbocycles. The Morgan fingerprint density at radius 3 is 2.58 bits per heavy atom. The molecule has 0 radical (unpaired) electrons. The molecular weight excluding hydrogens is 230 g/mol. The molecule has 0 aromatic carbocycles. The molecule has 1 atom stereocenters. The lowest BCUT2D eigenvalue weighted by Crippen LogP contribution is -2.30. The molecule has 0 aromatic heterocycles. The van der Waals surface area contributed by atoms with E-state index < -0.39 is 0 Å². The number of hydrogen-bond donors (Lipinski definition) is 0. The van der Waals surface area contributed by atoms with Crippen LogP contribution in [0.2, 0.25) is 0 Å². The van der Waals surface area contributed by atoms with Crippen LogP contribution in [0.4, 0.5) is 0 Å². The van der Waals surface area contributed by atoms with E-state index in [1.165, 1.54) is 25.0 Å². The predicted molar refractivity (Wildman–Crippen MR) is 86.0 cm³/mol. The maximum atomic E-state index is 4.24. The molecule has 0 fully saturated rings. The van der Waals surface area contributed by atoms with Crippen LogP contribution in [-0.2, 0) is 0 Å². The Hall–Kier alpha value is -1.24. The van der Waals surface area contributed by atoms with Crippen LogP contribution in [0.25, 0.3) is 0 Å². The molecule has 1 aliphatic rings. The van der Waals surface area contributed by atoms with Gasteiger partial charge in [-0.05, 0) is 25.2 Å². The number of allylic oxidation sites excluding steroid dienone is 4. The summed E-state index contributed by atoms with van der Waals surface area (Å²) in [6.45, 7) is 16.5. The van der Waals surface area contributed by atoms with Gasteiger partial charge in [0.2, 0.25) is 0 Å². The van der Waals surface area contributed by atoms with Crippen LogP contribution in [-0.4, -0.2) is 18.0 Å². The minimum absolute atomic E-state index is 0.116. The van der Waals surface area contributed by atoms with Crippen molar-refractivity contribution in [3.63, 3.8) is 0 Å². The summed E-state index contributed by atoms with van der Waals surface area (Å²) in [5.74, 6) is 0.721. The van der Waals surface area contributed by atoms with Crippen molar-refractivity contribution >= 4 is 0 Å². The Bertz CT molecular complexity index is 354. The Labute approximate surface area is 119 Å².